The van der Waals surface area contributed by atoms with Gasteiger partial charge in [-0.1, -0.05) is 26.8 Å². The molecule has 1 aromatic carbocycles. The number of piperidine rings is 1. The molecule has 6 heteroatoms. The van der Waals surface area contributed by atoms with Gasteiger partial charge in [0.25, 0.3) is 0 Å². The van der Waals surface area contributed by atoms with E-state index in [4.69, 9.17) is 0 Å². The van der Waals surface area contributed by atoms with E-state index in [1.54, 1.807) is 4.90 Å². The normalized spacial score (nSPS) is 16.3. The average molecular weight is 324 g/mol. The van der Waals surface area contributed by atoms with Crippen molar-refractivity contribution in [3.05, 3.63) is 29.8 Å². The largest absolute Gasteiger partial charge is 0.342 e. The molecule has 0 atom stereocenters. The number of para-hydroxylation sites is 1. The van der Waals surface area contributed by atoms with E-state index in [0.29, 0.717) is 25.9 Å². The number of nitrogens with one attached hydrogen (secondary N) is 1. The molecule has 1 aliphatic heterocycles. The van der Waals surface area contributed by atoms with Gasteiger partial charge in [-0.25, -0.2) is 8.78 Å². The Morgan fingerprint density at radius 2 is 1.65 bits per heavy atom. The second kappa shape index (κ2) is 6.64. The van der Waals surface area contributed by atoms with E-state index in [1.165, 1.54) is 6.07 Å². The first-order chi connectivity index (χ1) is 10.7. The van der Waals surface area contributed by atoms with Gasteiger partial charge in [-0.3, -0.25) is 9.59 Å². The Balaban J connectivity index is 1.95. The first-order valence-corrected chi connectivity index (χ1v) is 7.74. The highest BCUT2D eigenvalue weighted by Crippen LogP contribution is 2.25. The van der Waals surface area contributed by atoms with Crippen molar-refractivity contribution in [2.75, 3.05) is 18.4 Å². The maximum Gasteiger partial charge on any atom is 0.227 e. The highest BCUT2D eigenvalue weighted by atomic mass is 19.1. The number of carbonyl (C=O) groups excluding carboxylic acids is 2. The monoisotopic (exact) mass is 324 g/mol. The zero-order valence-corrected chi connectivity index (χ0v) is 13.7. The van der Waals surface area contributed by atoms with Crippen LogP contribution in [0.2, 0.25) is 0 Å². The molecule has 1 heterocycles. The summed E-state index contributed by atoms with van der Waals surface area (Å²) in [6.07, 6.45) is 0.980. The summed E-state index contributed by atoms with van der Waals surface area (Å²) in [4.78, 5) is 26.1. The van der Waals surface area contributed by atoms with Crippen molar-refractivity contribution >= 4 is 17.5 Å². The number of nitrogens with zero attached hydrogens (tertiary/aromatic N) is 1. The predicted octanol–water partition coefficient (Wildman–Crippen LogP) is 3.19. The third-order valence-electron chi connectivity index (χ3n) is 4.01. The Kier molecular flexibility index (Phi) is 5.02. The van der Waals surface area contributed by atoms with E-state index < -0.39 is 28.6 Å². The second-order valence-electron chi connectivity index (χ2n) is 6.90. The van der Waals surface area contributed by atoms with Gasteiger partial charge in [-0.05, 0) is 25.0 Å². The smallest absolute Gasteiger partial charge is 0.227 e. The second-order valence-corrected chi connectivity index (χ2v) is 6.90. The number of amides is 2. The van der Waals surface area contributed by atoms with E-state index in [1.807, 2.05) is 20.8 Å². The van der Waals surface area contributed by atoms with Crippen LogP contribution in [0.15, 0.2) is 18.2 Å². The van der Waals surface area contributed by atoms with Crippen molar-refractivity contribution in [1.29, 1.82) is 0 Å². The first kappa shape index (κ1) is 17.4. The summed E-state index contributed by atoms with van der Waals surface area (Å²) in [7, 11) is 0. The van der Waals surface area contributed by atoms with Crippen LogP contribution >= 0.6 is 0 Å². The first-order valence-electron chi connectivity index (χ1n) is 7.74. The zero-order chi connectivity index (χ0) is 17.2. The molecule has 0 unspecified atom stereocenters. The van der Waals surface area contributed by atoms with Gasteiger partial charge in [0.2, 0.25) is 11.8 Å². The topological polar surface area (TPSA) is 49.4 Å². The number of anilines is 1. The molecule has 4 nitrogen and oxygen atoms in total. The van der Waals surface area contributed by atoms with Gasteiger partial charge in [-0.15, -0.1) is 0 Å². The molecule has 1 N–H and O–H groups in total. The molecular weight excluding hydrogens is 302 g/mol. The molecule has 2 amide bonds. The van der Waals surface area contributed by atoms with Crippen LogP contribution in [0.4, 0.5) is 14.5 Å². The predicted molar refractivity (Wildman–Crippen MR) is 83.7 cm³/mol. The minimum atomic E-state index is -0.793. The summed E-state index contributed by atoms with van der Waals surface area (Å²) in [6.45, 7) is 6.53. The lowest BCUT2D eigenvalue weighted by atomic mass is 9.90. The summed E-state index contributed by atoms with van der Waals surface area (Å²) < 4.78 is 27.1. The van der Waals surface area contributed by atoms with E-state index >= 15 is 0 Å². The Labute approximate surface area is 134 Å². The Hall–Kier alpha value is -1.98. The van der Waals surface area contributed by atoms with Crippen LogP contribution in [0.1, 0.15) is 33.6 Å². The lowest BCUT2D eigenvalue weighted by Gasteiger charge is -2.35. The molecule has 1 saturated heterocycles. The maximum atomic E-state index is 13.6. The van der Waals surface area contributed by atoms with E-state index in [2.05, 4.69) is 5.32 Å². The van der Waals surface area contributed by atoms with Gasteiger partial charge < -0.3 is 10.2 Å². The van der Waals surface area contributed by atoms with E-state index in [0.717, 1.165) is 12.1 Å². The van der Waals surface area contributed by atoms with Crippen molar-refractivity contribution in [3.8, 4) is 0 Å². The van der Waals surface area contributed by atoms with Crippen molar-refractivity contribution in [2.24, 2.45) is 11.3 Å². The minimum Gasteiger partial charge on any atom is -0.342 e. The molecule has 23 heavy (non-hydrogen) atoms. The van der Waals surface area contributed by atoms with E-state index in [-0.39, 0.29) is 11.8 Å². The fourth-order valence-electron chi connectivity index (χ4n) is 2.66. The van der Waals surface area contributed by atoms with Gasteiger partial charge in [0, 0.05) is 24.4 Å². The number of carbonyl (C=O) groups is 2. The summed E-state index contributed by atoms with van der Waals surface area (Å²) in [5.74, 6) is -2.29. The number of hydrogen-bond acceptors (Lipinski definition) is 2. The molecule has 2 rings (SSSR count). The third kappa shape index (κ3) is 4.06. The van der Waals surface area contributed by atoms with Crippen LogP contribution in [0.25, 0.3) is 0 Å². The van der Waals surface area contributed by atoms with Gasteiger partial charge in [0.05, 0.1) is 0 Å². The molecule has 0 aromatic heterocycles. The number of benzene rings is 1. The average Bonchev–Trinajstić information content (AvgIpc) is 2.49. The molecule has 0 aliphatic carbocycles. The molecule has 126 valence electrons. The van der Waals surface area contributed by atoms with Crippen LogP contribution in [-0.2, 0) is 9.59 Å². The molecule has 0 spiro atoms. The quantitative estimate of drug-likeness (QED) is 0.908. The van der Waals surface area contributed by atoms with Crippen molar-refractivity contribution in [3.63, 3.8) is 0 Å². The van der Waals surface area contributed by atoms with E-state index in [9.17, 15) is 18.4 Å². The third-order valence-corrected chi connectivity index (χ3v) is 4.01. The van der Waals surface area contributed by atoms with Crippen LogP contribution < -0.4 is 5.32 Å². The minimum absolute atomic E-state index is 0.0523. The molecule has 1 aromatic rings. The Bertz CT molecular complexity index is 583. The van der Waals surface area contributed by atoms with Gasteiger partial charge in [0.1, 0.15) is 17.3 Å². The SMILES string of the molecule is CC(C)(C)C(=O)N1CCC(C(=O)Nc2c(F)cccc2F)CC1. The van der Waals surface area contributed by atoms with Crippen molar-refractivity contribution in [2.45, 2.75) is 33.6 Å². The maximum absolute atomic E-state index is 13.6. The Morgan fingerprint density at radius 3 is 2.13 bits per heavy atom. The molecular formula is C17H22F2N2O2. The fraction of sp³-hybridized carbons (Fsp3) is 0.529. The molecule has 0 radical (unpaired) electrons. The van der Waals surface area contributed by atoms with Crippen LogP contribution in [0.3, 0.4) is 0 Å². The molecule has 0 saturated carbocycles. The number of halogens is 2. The van der Waals surface area contributed by atoms with Crippen LogP contribution in [0, 0.1) is 23.0 Å². The van der Waals surface area contributed by atoms with Crippen molar-refractivity contribution in [1.82, 2.24) is 4.90 Å². The highest BCUT2D eigenvalue weighted by molar-refractivity contribution is 5.93. The number of likely N-dealkylation sites (tertiary alicyclic amines) is 1. The Morgan fingerprint density at radius 1 is 1.13 bits per heavy atom. The zero-order valence-electron chi connectivity index (χ0n) is 13.7. The van der Waals surface area contributed by atoms with Crippen LogP contribution in [0.5, 0.6) is 0 Å². The van der Waals surface area contributed by atoms with Gasteiger partial charge >= 0.3 is 0 Å². The van der Waals surface area contributed by atoms with Crippen LogP contribution in [-0.4, -0.2) is 29.8 Å². The lowest BCUT2D eigenvalue weighted by molar-refractivity contribution is -0.142. The van der Waals surface area contributed by atoms with Gasteiger partial charge in [0.15, 0.2) is 0 Å². The molecule has 1 aliphatic rings. The molecule has 1 fully saturated rings. The number of rotatable bonds is 2. The standard InChI is InChI=1S/C17H22F2N2O2/c1-17(2,3)16(23)21-9-7-11(8-10-21)15(22)20-14-12(18)5-4-6-13(14)19/h4-6,11H,7-10H2,1-3H3,(H,20,22). The summed E-state index contributed by atoms with van der Waals surface area (Å²) in [5, 5.41) is 2.33. The summed E-state index contributed by atoms with van der Waals surface area (Å²) >= 11 is 0. The fourth-order valence-corrected chi connectivity index (χ4v) is 2.66. The summed E-state index contributed by atoms with van der Waals surface area (Å²) in [6, 6.07) is 3.45. The van der Waals surface area contributed by atoms with Gasteiger partial charge in [-0.2, -0.15) is 0 Å². The van der Waals surface area contributed by atoms with Crippen molar-refractivity contribution < 1.29 is 18.4 Å². The highest BCUT2D eigenvalue weighted by Gasteiger charge is 2.32. The number of hydrogen-bond donors (Lipinski definition) is 1. The molecule has 0 bridgehead atoms. The lowest BCUT2D eigenvalue weighted by Crippen LogP contribution is -2.45. The summed E-state index contributed by atoms with van der Waals surface area (Å²) in [5.41, 5.74) is -0.864.